The zero-order valence-electron chi connectivity index (χ0n) is 10.1. The Hall–Kier alpha value is -1.87. The van der Waals surface area contributed by atoms with Crippen LogP contribution < -0.4 is 5.73 Å². The van der Waals surface area contributed by atoms with Gasteiger partial charge in [0.1, 0.15) is 5.84 Å². The Morgan fingerprint density at radius 2 is 2.00 bits per heavy atom. The predicted molar refractivity (Wildman–Crippen MR) is 76.4 cm³/mol. The van der Waals surface area contributed by atoms with Gasteiger partial charge in [-0.2, -0.15) is 0 Å². The number of nitrogens with two attached hydrogens (primary N) is 1. The van der Waals surface area contributed by atoms with Gasteiger partial charge in [-0.1, -0.05) is 18.2 Å². The van der Waals surface area contributed by atoms with E-state index in [0.717, 1.165) is 22.5 Å². The Morgan fingerprint density at radius 3 is 2.61 bits per heavy atom. The lowest BCUT2D eigenvalue weighted by Crippen LogP contribution is -2.12. The highest BCUT2D eigenvalue weighted by atomic mass is 35.5. The minimum absolute atomic E-state index is 0.237. The van der Waals surface area contributed by atoms with E-state index < -0.39 is 0 Å². The quantitative estimate of drug-likeness (QED) is 0.522. The van der Waals surface area contributed by atoms with Gasteiger partial charge in [0.25, 0.3) is 0 Å². The zero-order valence-corrected chi connectivity index (χ0v) is 10.9. The Balaban J connectivity index is 2.31. The molecular formula is C14H14ClN3. The maximum atomic E-state index is 5.58. The van der Waals surface area contributed by atoms with Gasteiger partial charge in [-0.15, -0.1) is 11.6 Å². The average molecular weight is 260 g/mol. The molecule has 0 amide bonds. The highest BCUT2D eigenvalue weighted by Crippen LogP contribution is 2.23. The summed E-state index contributed by atoms with van der Waals surface area (Å²) in [6.07, 6.45) is 1.79. The molecule has 0 fully saturated rings. The number of aryl methyl sites for hydroxylation is 1. The van der Waals surface area contributed by atoms with Gasteiger partial charge in [0.2, 0.25) is 0 Å². The zero-order chi connectivity index (χ0) is 13.0. The maximum absolute atomic E-state index is 5.58. The lowest BCUT2D eigenvalue weighted by atomic mass is 10.1. The standard InChI is InChI=1S/C14H14ClN3/c1-10-3-2-8-17-14(10)11-4-6-12(7-5-11)18-13(16)9-15/h2-8H,9H2,1H3,(H2,16,18). The molecule has 0 aliphatic heterocycles. The molecule has 0 aliphatic rings. The van der Waals surface area contributed by atoms with Crippen molar-refractivity contribution in [2.45, 2.75) is 6.92 Å². The molecule has 92 valence electrons. The van der Waals surface area contributed by atoms with Crippen molar-refractivity contribution in [1.82, 2.24) is 4.98 Å². The van der Waals surface area contributed by atoms with E-state index in [2.05, 4.69) is 9.98 Å². The van der Waals surface area contributed by atoms with Crippen LogP contribution in [-0.4, -0.2) is 16.7 Å². The van der Waals surface area contributed by atoms with E-state index in [4.69, 9.17) is 17.3 Å². The van der Waals surface area contributed by atoms with Crippen molar-refractivity contribution in [3.8, 4) is 11.3 Å². The fourth-order valence-corrected chi connectivity index (χ4v) is 1.74. The molecule has 0 atom stereocenters. The summed E-state index contributed by atoms with van der Waals surface area (Å²) in [5.41, 5.74) is 9.58. The largest absolute Gasteiger partial charge is 0.386 e. The SMILES string of the molecule is Cc1cccnc1-c1ccc(N=C(N)CCl)cc1. The van der Waals surface area contributed by atoms with Crippen molar-refractivity contribution in [2.24, 2.45) is 10.7 Å². The van der Waals surface area contributed by atoms with Gasteiger partial charge in [-0.25, -0.2) is 4.99 Å². The van der Waals surface area contributed by atoms with Gasteiger partial charge in [0.05, 0.1) is 17.3 Å². The minimum Gasteiger partial charge on any atom is -0.386 e. The van der Waals surface area contributed by atoms with Gasteiger partial charge < -0.3 is 5.73 Å². The van der Waals surface area contributed by atoms with Crippen molar-refractivity contribution in [1.29, 1.82) is 0 Å². The molecule has 0 saturated carbocycles. The van der Waals surface area contributed by atoms with E-state index in [0.29, 0.717) is 5.84 Å². The van der Waals surface area contributed by atoms with Crippen molar-refractivity contribution in [2.75, 3.05) is 5.88 Å². The molecule has 2 N–H and O–H groups in total. The fourth-order valence-electron chi connectivity index (χ4n) is 1.68. The Labute approximate surface area is 111 Å². The van der Waals surface area contributed by atoms with E-state index >= 15 is 0 Å². The first-order valence-corrected chi connectivity index (χ1v) is 6.15. The van der Waals surface area contributed by atoms with Gasteiger partial charge in [-0.3, -0.25) is 4.98 Å². The number of aliphatic imine (C=N–C) groups is 1. The van der Waals surface area contributed by atoms with Crippen LogP contribution in [0.1, 0.15) is 5.56 Å². The first-order valence-electron chi connectivity index (χ1n) is 5.62. The molecule has 1 heterocycles. The van der Waals surface area contributed by atoms with Crippen LogP contribution in [0.4, 0.5) is 5.69 Å². The van der Waals surface area contributed by atoms with Crippen LogP contribution in [0.25, 0.3) is 11.3 Å². The molecule has 0 unspecified atom stereocenters. The average Bonchev–Trinajstić information content (AvgIpc) is 2.40. The number of hydrogen-bond donors (Lipinski definition) is 1. The number of alkyl halides is 1. The van der Waals surface area contributed by atoms with Crippen molar-refractivity contribution < 1.29 is 0 Å². The molecule has 0 aliphatic carbocycles. The third-order valence-corrected chi connectivity index (χ3v) is 2.83. The molecule has 18 heavy (non-hydrogen) atoms. The third-order valence-electron chi connectivity index (χ3n) is 2.56. The predicted octanol–water partition coefficient (Wildman–Crippen LogP) is 3.28. The summed E-state index contributed by atoms with van der Waals surface area (Å²) in [7, 11) is 0. The number of nitrogens with zero attached hydrogens (tertiary/aromatic N) is 2. The molecule has 0 spiro atoms. The first kappa shape index (κ1) is 12.6. The van der Waals surface area contributed by atoms with Crippen LogP contribution in [0.2, 0.25) is 0 Å². The normalized spacial score (nSPS) is 11.6. The molecule has 1 aromatic heterocycles. The smallest absolute Gasteiger partial charge is 0.115 e. The summed E-state index contributed by atoms with van der Waals surface area (Å²) in [6, 6.07) is 11.7. The van der Waals surface area contributed by atoms with Crippen LogP contribution >= 0.6 is 11.6 Å². The molecular weight excluding hydrogens is 246 g/mol. The number of halogens is 1. The third kappa shape index (κ3) is 2.87. The van der Waals surface area contributed by atoms with Crippen molar-refractivity contribution in [3.63, 3.8) is 0 Å². The summed E-state index contributed by atoms with van der Waals surface area (Å²) >= 11 is 5.58. The minimum atomic E-state index is 0.237. The second-order valence-electron chi connectivity index (χ2n) is 3.95. The van der Waals surface area contributed by atoms with Gasteiger partial charge in [-0.05, 0) is 30.7 Å². The Bertz CT molecular complexity index is 562. The number of rotatable bonds is 3. The van der Waals surface area contributed by atoms with Crippen molar-refractivity contribution >= 4 is 23.1 Å². The number of hydrogen-bond acceptors (Lipinski definition) is 2. The summed E-state index contributed by atoms with van der Waals surface area (Å²) in [4.78, 5) is 8.55. The van der Waals surface area contributed by atoms with E-state index in [9.17, 15) is 0 Å². The van der Waals surface area contributed by atoms with Crippen LogP contribution in [0, 0.1) is 6.92 Å². The molecule has 1 aromatic carbocycles. The van der Waals surface area contributed by atoms with E-state index in [-0.39, 0.29) is 5.88 Å². The van der Waals surface area contributed by atoms with Crippen molar-refractivity contribution in [3.05, 3.63) is 48.2 Å². The molecule has 3 nitrogen and oxygen atoms in total. The summed E-state index contributed by atoms with van der Waals surface area (Å²) < 4.78 is 0. The molecule has 2 rings (SSSR count). The van der Waals surface area contributed by atoms with Crippen LogP contribution in [0.3, 0.4) is 0 Å². The summed E-state index contributed by atoms with van der Waals surface area (Å²) in [6.45, 7) is 2.04. The van der Waals surface area contributed by atoms with Gasteiger partial charge >= 0.3 is 0 Å². The number of pyridine rings is 1. The molecule has 0 radical (unpaired) electrons. The molecule has 2 aromatic rings. The highest BCUT2D eigenvalue weighted by molar-refractivity contribution is 6.28. The lowest BCUT2D eigenvalue weighted by Gasteiger charge is -2.04. The fraction of sp³-hybridized carbons (Fsp3) is 0.143. The van der Waals surface area contributed by atoms with Crippen LogP contribution in [0.15, 0.2) is 47.6 Å². The van der Waals surface area contributed by atoms with Gasteiger partial charge in [0.15, 0.2) is 0 Å². The topological polar surface area (TPSA) is 51.3 Å². The maximum Gasteiger partial charge on any atom is 0.115 e. The Kier molecular flexibility index (Phi) is 3.95. The number of amidine groups is 1. The second kappa shape index (κ2) is 5.65. The van der Waals surface area contributed by atoms with Crippen LogP contribution in [0.5, 0.6) is 0 Å². The number of benzene rings is 1. The van der Waals surface area contributed by atoms with E-state index in [1.807, 2.05) is 43.3 Å². The summed E-state index contributed by atoms with van der Waals surface area (Å²) in [5.74, 6) is 0.652. The monoisotopic (exact) mass is 259 g/mol. The molecule has 4 heteroatoms. The second-order valence-corrected chi connectivity index (χ2v) is 4.22. The Morgan fingerprint density at radius 1 is 1.28 bits per heavy atom. The molecule has 0 saturated heterocycles. The first-order chi connectivity index (χ1) is 8.70. The van der Waals surface area contributed by atoms with Crippen LogP contribution in [-0.2, 0) is 0 Å². The summed E-state index contributed by atoms with van der Waals surface area (Å²) in [5, 5.41) is 0. The van der Waals surface area contributed by atoms with Gasteiger partial charge in [0, 0.05) is 11.8 Å². The van der Waals surface area contributed by atoms with E-state index in [1.54, 1.807) is 6.20 Å². The lowest BCUT2D eigenvalue weighted by molar-refractivity contribution is 1.27. The highest BCUT2D eigenvalue weighted by Gasteiger charge is 2.02. The van der Waals surface area contributed by atoms with E-state index in [1.165, 1.54) is 0 Å². The molecule has 0 bridgehead atoms. The number of aromatic nitrogens is 1.